The predicted octanol–water partition coefficient (Wildman–Crippen LogP) is -3.61. The lowest BCUT2D eigenvalue weighted by Gasteiger charge is -2.39. The van der Waals surface area contributed by atoms with Gasteiger partial charge in [-0.25, -0.2) is 0 Å². The molecule has 18 heavy (non-hydrogen) atoms. The second kappa shape index (κ2) is 4.36. The Kier molecular flexibility index (Phi) is 3.07. The zero-order valence-electron chi connectivity index (χ0n) is 9.53. The quantitative estimate of drug-likeness (QED) is 0.329. The summed E-state index contributed by atoms with van der Waals surface area (Å²) in [7, 11) is 0. The standard InChI is InChI=1S/C10H17NO7/c12-2-4-8(15)9(16)5-6-7(14)3(13)1-11(6)18-10(5)17-4/h3-10,12-16H,1-2H2/t3-,4+,5+,6+,7-,8-,9+,10+/m0/s1. The molecule has 5 N–H and O–H groups in total. The summed E-state index contributed by atoms with van der Waals surface area (Å²) in [5.74, 6) is -0.657. The number of hydrogen-bond donors (Lipinski definition) is 5. The minimum Gasteiger partial charge on any atom is -0.394 e. The zero-order chi connectivity index (χ0) is 13.0. The lowest BCUT2D eigenvalue weighted by atomic mass is 9.84. The van der Waals surface area contributed by atoms with Gasteiger partial charge in [-0.2, -0.15) is 5.06 Å². The van der Waals surface area contributed by atoms with Crippen molar-refractivity contribution in [2.45, 2.75) is 42.9 Å². The fraction of sp³-hybridized carbons (Fsp3) is 1.00. The molecule has 8 atom stereocenters. The van der Waals surface area contributed by atoms with Crippen LogP contribution in [0.5, 0.6) is 0 Å². The Morgan fingerprint density at radius 3 is 2.44 bits per heavy atom. The van der Waals surface area contributed by atoms with Gasteiger partial charge in [0.15, 0.2) is 6.29 Å². The topological polar surface area (TPSA) is 123 Å². The van der Waals surface area contributed by atoms with Crippen LogP contribution in [0.4, 0.5) is 0 Å². The van der Waals surface area contributed by atoms with Crippen LogP contribution in [-0.2, 0) is 9.57 Å². The fourth-order valence-corrected chi connectivity index (χ4v) is 3.04. The molecular formula is C10H17NO7. The number of fused-ring (bicyclic) bond motifs is 3. The maximum atomic E-state index is 10.1. The van der Waals surface area contributed by atoms with Crippen LogP contribution in [-0.4, -0.2) is 86.6 Å². The van der Waals surface area contributed by atoms with Gasteiger partial charge in [0.1, 0.15) is 12.2 Å². The normalized spacial score (nSPS) is 56.5. The smallest absolute Gasteiger partial charge is 0.185 e. The monoisotopic (exact) mass is 263 g/mol. The third-order valence-corrected chi connectivity index (χ3v) is 4.01. The Morgan fingerprint density at radius 1 is 1.06 bits per heavy atom. The molecule has 8 heteroatoms. The molecule has 3 rings (SSSR count). The van der Waals surface area contributed by atoms with Crippen LogP contribution in [0.15, 0.2) is 0 Å². The fourth-order valence-electron chi connectivity index (χ4n) is 3.04. The molecule has 3 saturated heterocycles. The molecule has 0 unspecified atom stereocenters. The van der Waals surface area contributed by atoms with Crippen molar-refractivity contribution in [3.63, 3.8) is 0 Å². The molecule has 0 amide bonds. The Bertz CT molecular complexity index is 327. The average Bonchev–Trinajstić information content (AvgIpc) is 2.82. The summed E-state index contributed by atoms with van der Waals surface area (Å²) < 4.78 is 5.35. The number of ether oxygens (including phenoxy) is 1. The van der Waals surface area contributed by atoms with Crippen LogP contribution in [0.1, 0.15) is 0 Å². The van der Waals surface area contributed by atoms with Crippen molar-refractivity contribution >= 4 is 0 Å². The molecule has 0 aliphatic carbocycles. The summed E-state index contributed by atoms with van der Waals surface area (Å²) >= 11 is 0. The Labute approximate surface area is 103 Å². The number of aliphatic hydroxyl groups is 5. The van der Waals surface area contributed by atoms with Gasteiger partial charge in [-0.05, 0) is 0 Å². The molecule has 0 spiro atoms. The molecule has 0 bridgehead atoms. The molecular weight excluding hydrogens is 246 g/mol. The van der Waals surface area contributed by atoms with E-state index in [0.29, 0.717) is 0 Å². The maximum Gasteiger partial charge on any atom is 0.185 e. The van der Waals surface area contributed by atoms with Crippen LogP contribution in [0.3, 0.4) is 0 Å². The van der Waals surface area contributed by atoms with Crippen LogP contribution >= 0.6 is 0 Å². The van der Waals surface area contributed by atoms with Crippen molar-refractivity contribution in [2.24, 2.45) is 5.92 Å². The Morgan fingerprint density at radius 2 is 1.78 bits per heavy atom. The van der Waals surface area contributed by atoms with Crippen LogP contribution < -0.4 is 0 Å². The largest absolute Gasteiger partial charge is 0.394 e. The highest BCUT2D eigenvalue weighted by atomic mass is 16.8. The first-order valence-corrected chi connectivity index (χ1v) is 5.96. The number of rotatable bonds is 1. The van der Waals surface area contributed by atoms with Crippen LogP contribution in [0, 0.1) is 5.92 Å². The third-order valence-electron chi connectivity index (χ3n) is 4.01. The van der Waals surface area contributed by atoms with Crippen LogP contribution in [0.2, 0.25) is 0 Å². The second-order valence-electron chi connectivity index (χ2n) is 5.04. The van der Waals surface area contributed by atoms with Crippen molar-refractivity contribution in [3.05, 3.63) is 0 Å². The lowest BCUT2D eigenvalue weighted by molar-refractivity contribution is -0.299. The summed E-state index contributed by atoms with van der Waals surface area (Å²) in [5.41, 5.74) is 0. The molecule has 3 aliphatic rings. The van der Waals surface area contributed by atoms with Crippen LogP contribution in [0.25, 0.3) is 0 Å². The molecule has 3 heterocycles. The first kappa shape index (κ1) is 12.7. The Balaban J connectivity index is 1.84. The van der Waals surface area contributed by atoms with Gasteiger partial charge in [-0.15, -0.1) is 0 Å². The molecule has 0 saturated carbocycles. The van der Waals surface area contributed by atoms with E-state index in [2.05, 4.69) is 0 Å². The summed E-state index contributed by atoms with van der Waals surface area (Å²) in [5, 5.41) is 49.7. The summed E-state index contributed by atoms with van der Waals surface area (Å²) in [4.78, 5) is 5.39. The second-order valence-corrected chi connectivity index (χ2v) is 5.04. The van der Waals surface area contributed by atoms with Crippen molar-refractivity contribution in [3.8, 4) is 0 Å². The maximum absolute atomic E-state index is 10.1. The highest BCUT2D eigenvalue weighted by molar-refractivity contribution is 5.04. The SMILES string of the molecule is OC[C@H]1O[C@@H]2ON3C[C@H](O)[C@H](O)[C@H]3[C@@H]2[C@@H](O)[C@H]1O. The van der Waals surface area contributed by atoms with E-state index in [4.69, 9.17) is 14.7 Å². The van der Waals surface area contributed by atoms with E-state index in [-0.39, 0.29) is 6.54 Å². The van der Waals surface area contributed by atoms with Crippen molar-refractivity contribution in [2.75, 3.05) is 13.2 Å². The first-order valence-electron chi connectivity index (χ1n) is 5.96. The van der Waals surface area contributed by atoms with Gasteiger partial charge in [0.05, 0.1) is 43.4 Å². The van der Waals surface area contributed by atoms with E-state index < -0.39 is 55.4 Å². The van der Waals surface area contributed by atoms with Gasteiger partial charge < -0.3 is 30.3 Å². The van der Waals surface area contributed by atoms with Crippen molar-refractivity contribution < 1.29 is 35.1 Å². The molecule has 8 nitrogen and oxygen atoms in total. The third kappa shape index (κ3) is 1.62. The minimum absolute atomic E-state index is 0.120. The number of aliphatic hydroxyl groups excluding tert-OH is 5. The number of nitrogens with zero attached hydrogens (tertiary/aromatic N) is 1. The predicted molar refractivity (Wildman–Crippen MR) is 54.8 cm³/mol. The van der Waals surface area contributed by atoms with Gasteiger partial charge in [0, 0.05) is 0 Å². The molecule has 0 aromatic carbocycles. The van der Waals surface area contributed by atoms with Gasteiger partial charge in [0.25, 0.3) is 0 Å². The average molecular weight is 263 g/mol. The highest BCUT2D eigenvalue weighted by Gasteiger charge is 2.60. The number of hydrogen-bond acceptors (Lipinski definition) is 8. The van der Waals surface area contributed by atoms with E-state index in [1.807, 2.05) is 0 Å². The van der Waals surface area contributed by atoms with E-state index >= 15 is 0 Å². The van der Waals surface area contributed by atoms with E-state index in [9.17, 15) is 20.4 Å². The zero-order valence-corrected chi connectivity index (χ0v) is 9.53. The molecule has 0 radical (unpaired) electrons. The van der Waals surface area contributed by atoms with E-state index in [1.54, 1.807) is 0 Å². The molecule has 3 aliphatic heterocycles. The van der Waals surface area contributed by atoms with Gasteiger partial charge in [-0.3, -0.25) is 4.84 Å². The number of hydroxylamine groups is 2. The van der Waals surface area contributed by atoms with E-state index in [1.165, 1.54) is 5.06 Å². The van der Waals surface area contributed by atoms with Gasteiger partial charge in [-0.1, -0.05) is 0 Å². The lowest BCUT2D eigenvalue weighted by Crippen LogP contribution is -2.58. The Hall–Kier alpha value is -0.320. The summed E-state index contributed by atoms with van der Waals surface area (Å²) in [6.07, 6.45) is -6.18. The molecule has 0 aromatic rings. The van der Waals surface area contributed by atoms with Crippen molar-refractivity contribution in [1.82, 2.24) is 5.06 Å². The van der Waals surface area contributed by atoms with Gasteiger partial charge >= 0.3 is 0 Å². The first-order chi connectivity index (χ1) is 8.54. The molecule has 0 aromatic heterocycles. The molecule has 104 valence electrons. The summed E-state index contributed by atoms with van der Waals surface area (Å²) in [6, 6.07) is -0.616. The van der Waals surface area contributed by atoms with Crippen molar-refractivity contribution in [1.29, 1.82) is 0 Å². The summed E-state index contributed by atoms with van der Waals surface area (Å²) in [6.45, 7) is -0.310. The van der Waals surface area contributed by atoms with E-state index in [0.717, 1.165) is 0 Å². The highest BCUT2D eigenvalue weighted by Crippen LogP contribution is 2.42. The van der Waals surface area contributed by atoms with Gasteiger partial charge in [0.2, 0.25) is 0 Å². The minimum atomic E-state index is -1.25. The molecule has 3 fully saturated rings.